The lowest BCUT2D eigenvalue weighted by Crippen LogP contribution is -2.29. The van der Waals surface area contributed by atoms with E-state index in [1.54, 1.807) is 12.1 Å². The molecule has 5 heteroatoms. The first kappa shape index (κ1) is 12.7. The molecule has 5 nitrogen and oxygen atoms in total. The molecule has 1 amide bonds. The quantitative estimate of drug-likeness (QED) is 0.724. The van der Waals surface area contributed by atoms with E-state index in [-0.39, 0.29) is 12.5 Å². The summed E-state index contributed by atoms with van der Waals surface area (Å²) in [5.41, 5.74) is 0. The van der Waals surface area contributed by atoms with Crippen LogP contribution in [0.25, 0.3) is 0 Å². The van der Waals surface area contributed by atoms with Gasteiger partial charge < -0.3 is 19.6 Å². The number of furan rings is 1. The number of rotatable bonds is 7. The Morgan fingerprint density at radius 2 is 2.50 bits per heavy atom. The maximum Gasteiger partial charge on any atom is 0.245 e. The van der Waals surface area contributed by atoms with Crippen LogP contribution >= 0.6 is 0 Å². The lowest BCUT2D eigenvalue weighted by atomic mass is 10.2. The van der Waals surface area contributed by atoms with E-state index >= 15 is 0 Å². The summed E-state index contributed by atoms with van der Waals surface area (Å²) in [5.74, 6) is 0.340. The second kappa shape index (κ2) is 7.03. The van der Waals surface area contributed by atoms with Gasteiger partial charge in [-0.15, -0.1) is 0 Å². The summed E-state index contributed by atoms with van der Waals surface area (Å²) in [6, 6.07) is 3.42. The minimum absolute atomic E-state index is 0.0628. The first-order chi connectivity index (χ1) is 7.74. The molecule has 0 aliphatic carbocycles. The average molecular weight is 227 g/mol. The van der Waals surface area contributed by atoms with E-state index in [9.17, 15) is 9.90 Å². The van der Waals surface area contributed by atoms with Crippen molar-refractivity contribution >= 4 is 5.91 Å². The molecule has 0 radical (unpaired) electrons. The van der Waals surface area contributed by atoms with Crippen LogP contribution < -0.4 is 5.32 Å². The van der Waals surface area contributed by atoms with Crippen molar-refractivity contribution in [3.63, 3.8) is 0 Å². The normalized spacial score (nSPS) is 12.4. The maximum absolute atomic E-state index is 11.1. The summed E-state index contributed by atoms with van der Waals surface area (Å²) in [4.78, 5) is 11.1. The molecule has 1 aromatic rings. The molecule has 1 heterocycles. The molecule has 0 fully saturated rings. The molecule has 0 saturated heterocycles. The molecule has 1 rings (SSSR count). The molecule has 90 valence electrons. The van der Waals surface area contributed by atoms with Crippen LogP contribution in [0, 0.1) is 0 Å². The third-order valence-electron chi connectivity index (χ3n) is 2.05. The molecule has 2 N–H and O–H groups in total. The van der Waals surface area contributed by atoms with Crippen LogP contribution in [0.3, 0.4) is 0 Å². The van der Waals surface area contributed by atoms with Gasteiger partial charge in [0.1, 0.15) is 18.5 Å². The highest BCUT2D eigenvalue weighted by Crippen LogP contribution is 2.15. The highest BCUT2D eigenvalue weighted by Gasteiger charge is 2.10. The number of nitrogens with one attached hydrogen (secondary N) is 1. The first-order valence-corrected chi connectivity index (χ1v) is 5.30. The summed E-state index contributed by atoms with van der Waals surface area (Å²) >= 11 is 0. The van der Waals surface area contributed by atoms with Crippen molar-refractivity contribution in [2.45, 2.75) is 19.4 Å². The van der Waals surface area contributed by atoms with E-state index in [0.717, 1.165) is 0 Å². The molecule has 16 heavy (non-hydrogen) atoms. The zero-order chi connectivity index (χ0) is 11.8. The van der Waals surface area contributed by atoms with E-state index in [4.69, 9.17) is 9.15 Å². The minimum atomic E-state index is -0.678. The van der Waals surface area contributed by atoms with Gasteiger partial charge in [0.2, 0.25) is 5.91 Å². The molecule has 0 aromatic carbocycles. The highest BCUT2D eigenvalue weighted by molar-refractivity contribution is 5.77. The Balaban J connectivity index is 2.13. The van der Waals surface area contributed by atoms with Gasteiger partial charge in [0.15, 0.2) is 0 Å². The highest BCUT2D eigenvalue weighted by atomic mass is 16.5. The van der Waals surface area contributed by atoms with E-state index in [1.807, 2.05) is 6.92 Å². The Morgan fingerprint density at radius 1 is 1.69 bits per heavy atom. The molecule has 0 saturated carbocycles. The molecular formula is C11H17NO4. The fourth-order valence-electron chi connectivity index (χ4n) is 1.22. The van der Waals surface area contributed by atoms with Crippen molar-refractivity contribution in [1.82, 2.24) is 5.32 Å². The van der Waals surface area contributed by atoms with E-state index in [1.165, 1.54) is 6.26 Å². The lowest BCUT2D eigenvalue weighted by Gasteiger charge is -2.08. The van der Waals surface area contributed by atoms with Gasteiger partial charge in [-0.1, -0.05) is 0 Å². The van der Waals surface area contributed by atoms with Gasteiger partial charge in [-0.25, -0.2) is 0 Å². The number of aliphatic hydroxyl groups excluding tert-OH is 1. The average Bonchev–Trinajstić information content (AvgIpc) is 2.79. The van der Waals surface area contributed by atoms with Gasteiger partial charge in [0, 0.05) is 13.2 Å². The fraction of sp³-hybridized carbons (Fsp3) is 0.545. The second-order valence-corrected chi connectivity index (χ2v) is 3.31. The minimum Gasteiger partial charge on any atom is -0.467 e. The van der Waals surface area contributed by atoms with Crippen molar-refractivity contribution in [1.29, 1.82) is 0 Å². The van der Waals surface area contributed by atoms with Crippen LogP contribution in [0.4, 0.5) is 0 Å². The van der Waals surface area contributed by atoms with Crippen molar-refractivity contribution in [3.8, 4) is 0 Å². The van der Waals surface area contributed by atoms with Crippen LogP contribution in [0.2, 0.25) is 0 Å². The molecule has 0 spiro atoms. The van der Waals surface area contributed by atoms with E-state index in [2.05, 4.69) is 5.32 Å². The smallest absolute Gasteiger partial charge is 0.245 e. The van der Waals surface area contributed by atoms with Gasteiger partial charge in [-0.05, 0) is 25.5 Å². The lowest BCUT2D eigenvalue weighted by molar-refractivity contribution is -0.125. The standard InChI is InChI=1S/C11H17NO4/c1-2-15-8-11(14)12-6-5-9(13)10-4-3-7-16-10/h3-4,7,9,13H,2,5-6,8H2,1H3,(H,12,14)/t9-/m0/s1. The molecule has 0 bridgehead atoms. The van der Waals surface area contributed by atoms with Crippen LogP contribution in [-0.2, 0) is 9.53 Å². The Labute approximate surface area is 94.4 Å². The SMILES string of the molecule is CCOCC(=O)NCC[C@H](O)c1ccco1. The zero-order valence-electron chi connectivity index (χ0n) is 9.31. The summed E-state index contributed by atoms with van der Waals surface area (Å²) in [6.07, 6.45) is 1.25. The maximum atomic E-state index is 11.1. The number of hydrogen-bond donors (Lipinski definition) is 2. The third-order valence-corrected chi connectivity index (χ3v) is 2.05. The topological polar surface area (TPSA) is 71.7 Å². The number of carbonyl (C=O) groups excluding carboxylic acids is 1. The third kappa shape index (κ3) is 4.46. The number of ether oxygens (including phenoxy) is 1. The largest absolute Gasteiger partial charge is 0.467 e. The summed E-state index contributed by atoms with van der Waals surface area (Å²) in [5, 5.41) is 12.3. The Bertz CT molecular complexity index is 297. The van der Waals surface area contributed by atoms with Crippen molar-refractivity contribution < 1.29 is 19.1 Å². The Hall–Kier alpha value is -1.33. The Morgan fingerprint density at radius 3 is 3.12 bits per heavy atom. The van der Waals surface area contributed by atoms with Gasteiger partial charge >= 0.3 is 0 Å². The van der Waals surface area contributed by atoms with Gasteiger partial charge in [-0.2, -0.15) is 0 Å². The summed E-state index contributed by atoms with van der Waals surface area (Å²) in [6.45, 7) is 2.80. The predicted molar refractivity (Wildman–Crippen MR) is 57.8 cm³/mol. The first-order valence-electron chi connectivity index (χ1n) is 5.30. The molecular weight excluding hydrogens is 210 g/mol. The van der Waals surface area contributed by atoms with Crippen molar-refractivity contribution in [2.24, 2.45) is 0 Å². The van der Waals surface area contributed by atoms with Gasteiger partial charge in [-0.3, -0.25) is 4.79 Å². The van der Waals surface area contributed by atoms with Crippen LogP contribution in [0.5, 0.6) is 0 Å². The Kier molecular flexibility index (Phi) is 5.60. The van der Waals surface area contributed by atoms with Gasteiger partial charge in [0.05, 0.1) is 6.26 Å². The molecule has 0 aliphatic rings. The summed E-state index contributed by atoms with van der Waals surface area (Å²) in [7, 11) is 0. The van der Waals surface area contributed by atoms with Crippen LogP contribution in [0.15, 0.2) is 22.8 Å². The van der Waals surface area contributed by atoms with Gasteiger partial charge in [0.25, 0.3) is 0 Å². The monoisotopic (exact) mass is 227 g/mol. The molecule has 1 atom stereocenters. The van der Waals surface area contributed by atoms with E-state index in [0.29, 0.717) is 25.3 Å². The number of aliphatic hydroxyl groups is 1. The predicted octanol–water partition coefficient (Wildman–Crippen LogP) is 0.856. The number of amides is 1. The van der Waals surface area contributed by atoms with Crippen molar-refractivity contribution in [2.75, 3.05) is 19.8 Å². The van der Waals surface area contributed by atoms with Crippen LogP contribution in [0.1, 0.15) is 25.2 Å². The fourth-order valence-corrected chi connectivity index (χ4v) is 1.22. The van der Waals surface area contributed by atoms with Crippen molar-refractivity contribution in [3.05, 3.63) is 24.2 Å². The van der Waals surface area contributed by atoms with E-state index < -0.39 is 6.10 Å². The number of carbonyl (C=O) groups is 1. The van der Waals surface area contributed by atoms with Crippen LogP contribution in [-0.4, -0.2) is 30.8 Å². The zero-order valence-corrected chi connectivity index (χ0v) is 9.31. The molecule has 0 aliphatic heterocycles. The second-order valence-electron chi connectivity index (χ2n) is 3.31. The summed E-state index contributed by atoms with van der Waals surface area (Å²) < 4.78 is 9.96. The molecule has 1 aromatic heterocycles. The molecule has 0 unspecified atom stereocenters. The number of hydrogen-bond acceptors (Lipinski definition) is 4.